The Hall–Kier alpha value is -2.18. The minimum absolute atomic E-state index is 0.232. The molecule has 1 spiro atoms. The molecule has 1 saturated heterocycles. The maximum atomic E-state index is 12.2. The first kappa shape index (κ1) is 17.9. The van der Waals surface area contributed by atoms with Gasteiger partial charge < -0.3 is 14.2 Å². The van der Waals surface area contributed by atoms with E-state index >= 15 is 0 Å². The molecule has 2 aliphatic carbocycles. The Morgan fingerprint density at radius 1 is 1.29 bits per heavy atom. The van der Waals surface area contributed by atoms with E-state index in [0.29, 0.717) is 24.7 Å². The van der Waals surface area contributed by atoms with Crippen LogP contribution in [0.5, 0.6) is 0 Å². The summed E-state index contributed by atoms with van der Waals surface area (Å²) >= 11 is 0. The molecule has 28 heavy (non-hydrogen) atoms. The Morgan fingerprint density at radius 2 is 2.11 bits per heavy atom. The molecule has 1 aromatic carbocycles. The molecule has 148 valence electrons. The van der Waals surface area contributed by atoms with E-state index in [2.05, 4.69) is 18.1 Å². The number of hydrogen-bond donors (Lipinski definition) is 1. The number of aryl methyl sites for hydroxylation is 1. The van der Waals surface area contributed by atoms with Gasteiger partial charge in [-0.15, -0.1) is 0 Å². The molecule has 6 nitrogen and oxygen atoms in total. The lowest BCUT2D eigenvalue weighted by Crippen LogP contribution is -2.56. The maximum absolute atomic E-state index is 12.2. The van der Waals surface area contributed by atoms with Crippen molar-refractivity contribution in [1.82, 2.24) is 10.2 Å². The van der Waals surface area contributed by atoms with Crippen LogP contribution in [0.2, 0.25) is 0 Å². The van der Waals surface area contributed by atoms with Crippen LogP contribution in [0.25, 0.3) is 0 Å². The van der Waals surface area contributed by atoms with E-state index in [9.17, 15) is 4.79 Å². The van der Waals surface area contributed by atoms with Crippen molar-refractivity contribution in [2.75, 3.05) is 20.3 Å². The molecule has 2 aromatic rings. The fraction of sp³-hybridized carbons (Fsp3) is 0.545. The van der Waals surface area contributed by atoms with E-state index in [-0.39, 0.29) is 17.3 Å². The van der Waals surface area contributed by atoms with E-state index in [0.717, 1.165) is 36.9 Å². The molecule has 1 aliphatic heterocycles. The van der Waals surface area contributed by atoms with Gasteiger partial charge in [-0.2, -0.15) is 5.10 Å². The van der Waals surface area contributed by atoms with Gasteiger partial charge in [-0.3, -0.25) is 5.10 Å². The van der Waals surface area contributed by atoms with Crippen LogP contribution in [0.3, 0.4) is 0 Å². The van der Waals surface area contributed by atoms with Crippen molar-refractivity contribution < 1.29 is 19.0 Å². The zero-order chi connectivity index (χ0) is 19.4. The van der Waals surface area contributed by atoms with Crippen molar-refractivity contribution in [2.24, 2.45) is 11.8 Å². The lowest BCUT2D eigenvalue weighted by atomic mass is 9.52. The fourth-order valence-electron chi connectivity index (χ4n) is 5.93. The number of hydrogen-bond acceptors (Lipinski definition) is 5. The van der Waals surface area contributed by atoms with Gasteiger partial charge in [0.1, 0.15) is 0 Å². The summed E-state index contributed by atoms with van der Waals surface area (Å²) in [5.41, 5.74) is 3.85. The Kier molecular flexibility index (Phi) is 4.10. The average molecular weight is 382 g/mol. The van der Waals surface area contributed by atoms with Crippen LogP contribution in [0.4, 0.5) is 0 Å². The lowest BCUT2D eigenvalue weighted by Gasteiger charge is -2.55. The summed E-state index contributed by atoms with van der Waals surface area (Å²) in [6.45, 7) is 3.58. The summed E-state index contributed by atoms with van der Waals surface area (Å²) < 4.78 is 17.3. The number of ether oxygens (including phenoxy) is 3. The van der Waals surface area contributed by atoms with Crippen LogP contribution in [0, 0.1) is 11.8 Å². The van der Waals surface area contributed by atoms with Crippen molar-refractivity contribution in [1.29, 1.82) is 0 Å². The van der Waals surface area contributed by atoms with Crippen molar-refractivity contribution in [2.45, 2.75) is 43.8 Å². The monoisotopic (exact) mass is 382 g/mol. The molecule has 0 radical (unpaired) electrons. The molecule has 1 N–H and O–H groups in total. The molecule has 0 bridgehead atoms. The Bertz CT molecular complexity index is 901. The minimum atomic E-state index is -0.484. The fourth-order valence-corrected chi connectivity index (χ4v) is 5.93. The molecule has 3 atom stereocenters. The van der Waals surface area contributed by atoms with Crippen molar-refractivity contribution in [3.05, 3.63) is 52.8 Å². The topological polar surface area (TPSA) is 73.4 Å². The number of methoxy groups -OCH3 is 1. The van der Waals surface area contributed by atoms with Gasteiger partial charge in [-0.1, -0.05) is 19.1 Å². The minimum Gasteiger partial charge on any atom is -0.465 e. The van der Waals surface area contributed by atoms with E-state index in [1.807, 2.05) is 24.4 Å². The van der Waals surface area contributed by atoms with Gasteiger partial charge >= 0.3 is 5.97 Å². The molecule has 1 aromatic heterocycles. The number of fused-ring (bicyclic) bond motifs is 3. The summed E-state index contributed by atoms with van der Waals surface area (Å²) in [5.74, 6) is -0.240. The molecule has 0 amide bonds. The third-order valence-electron chi connectivity index (χ3n) is 7.24. The van der Waals surface area contributed by atoms with Crippen molar-refractivity contribution in [3.8, 4) is 0 Å². The Labute approximate surface area is 164 Å². The zero-order valence-electron chi connectivity index (χ0n) is 16.4. The summed E-state index contributed by atoms with van der Waals surface area (Å²) in [6, 6.07) is 7.88. The molecule has 3 unspecified atom stereocenters. The highest BCUT2D eigenvalue weighted by atomic mass is 16.7. The van der Waals surface area contributed by atoms with Gasteiger partial charge in [0.2, 0.25) is 0 Å². The summed E-state index contributed by atoms with van der Waals surface area (Å²) in [7, 11) is 1.42. The quantitative estimate of drug-likeness (QED) is 0.808. The van der Waals surface area contributed by atoms with Crippen LogP contribution in [-0.4, -0.2) is 42.3 Å². The number of nitrogens with zero attached hydrogens (tertiary/aromatic N) is 1. The molecular weight excluding hydrogens is 356 g/mol. The Balaban J connectivity index is 1.67. The maximum Gasteiger partial charge on any atom is 0.337 e. The molecule has 1 saturated carbocycles. The van der Waals surface area contributed by atoms with Gasteiger partial charge in [0.05, 0.1) is 31.6 Å². The number of rotatable bonds is 2. The number of aromatic nitrogens is 2. The first-order chi connectivity index (χ1) is 13.6. The van der Waals surface area contributed by atoms with Gasteiger partial charge in [0, 0.05) is 24.0 Å². The largest absolute Gasteiger partial charge is 0.465 e. The average Bonchev–Trinajstić information content (AvgIpc) is 3.41. The summed E-state index contributed by atoms with van der Waals surface area (Å²) in [5, 5.41) is 7.80. The van der Waals surface area contributed by atoms with E-state index in [1.165, 1.54) is 12.7 Å². The molecular formula is C22H26N2O4. The number of aromatic amines is 1. The van der Waals surface area contributed by atoms with Crippen LogP contribution >= 0.6 is 0 Å². The van der Waals surface area contributed by atoms with Gasteiger partial charge in [0.25, 0.3) is 0 Å². The third kappa shape index (κ3) is 2.34. The zero-order valence-corrected chi connectivity index (χ0v) is 16.4. The number of H-pyrrole nitrogens is 1. The van der Waals surface area contributed by atoms with Crippen molar-refractivity contribution >= 4 is 5.97 Å². The van der Waals surface area contributed by atoms with Gasteiger partial charge in [-0.25, -0.2) is 4.79 Å². The molecule has 2 heterocycles. The number of carbonyl (C=O) groups excluding carboxylic acids is 1. The normalized spacial score (nSPS) is 30.6. The SMILES string of the molecule is COC(=O)c1cccc(C23CCC4(OCCO4)C(C)C2CCc2c[nH]nc23)c1. The standard InChI is InChI=1S/C22H26N2O4/c1-14-18-7-6-16-13-23-24-19(16)21(18,8-9-22(14)27-10-11-28-22)17-5-3-4-15(12-17)20(25)26-2/h3-5,12-14,18H,6-11H2,1-2H3,(H,23,24). The van der Waals surface area contributed by atoms with Gasteiger partial charge in [0.15, 0.2) is 5.79 Å². The first-order valence-corrected chi connectivity index (χ1v) is 10.1. The van der Waals surface area contributed by atoms with Crippen LogP contribution in [-0.2, 0) is 26.0 Å². The number of benzene rings is 1. The lowest BCUT2D eigenvalue weighted by molar-refractivity contribution is -0.232. The highest BCUT2D eigenvalue weighted by Crippen LogP contribution is 2.59. The second-order valence-corrected chi connectivity index (χ2v) is 8.25. The number of carbonyl (C=O) groups is 1. The second kappa shape index (κ2) is 6.42. The van der Waals surface area contributed by atoms with Crippen LogP contribution in [0.1, 0.15) is 53.4 Å². The number of nitrogens with one attached hydrogen (secondary N) is 1. The molecule has 5 rings (SSSR count). The smallest absolute Gasteiger partial charge is 0.337 e. The number of esters is 1. The predicted molar refractivity (Wildman–Crippen MR) is 102 cm³/mol. The second-order valence-electron chi connectivity index (χ2n) is 8.25. The molecule has 2 fully saturated rings. The van der Waals surface area contributed by atoms with E-state index in [1.54, 1.807) is 0 Å². The summed E-state index contributed by atoms with van der Waals surface area (Å²) in [4.78, 5) is 12.2. The molecule has 3 aliphatic rings. The van der Waals surface area contributed by atoms with E-state index in [4.69, 9.17) is 19.3 Å². The third-order valence-corrected chi connectivity index (χ3v) is 7.24. The van der Waals surface area contributed by atoms with Crippen LogP contribution in [0.15, 0.2) is 30.5 Å². The van der Waals surface area contributed by atoms with Crippen LogP contribution < -0.4 is 0 Å². The highest BCUT2D eigenvalue weighted by molar-refractivity contribution is 5.89. The Morgan fingerprint density at radius 3 is 2.89 bits per heavy atom. The summed E-state index contributed by atoms with van der Waals surface area (Å²) in [6.07, 6.45) is 5.76. The molecule has 6 heteroatoms. The predicted octanol–water partition coefficient (Wildman–Crippen LogP) is 3.22. The van der Waals surface area contributed by atoms with E-state index < -0.39 is 5.79 Å². The van der Waals surface area contributed by atoms with Crippen molar-refractivity contribution in [3.63, 3.8) is 0 Å². The highest BCUT2D eigenvalue weighted by Gasteiger charge is 2.60. The first-order valence-electron chi connectivity index (χ1n) is 10.1. The van der Waals surface area contributed by atoms with Gasteiger partial charge in [-0.05, 0) is 48.4 Å².